The van der Waals surface area contributed by atoms with Crippen LogP contribution >= 0.6 is 0 Å². The molecular weight excluding hydrogens is 246 g/mol. The van der Waals surface area contributed by atoms with Crippen molar-refractivity contribution in [2.24, 2.45) is 29.4 Å². The van der Waals surface area contributed by atoms with E-state index in [9.17, 15) is 0 Å². The smallest absolute Gasteiger partial charge is 0.122 e. The van der Waals surface area contributed by atoms with Crippen LogP contribution in [0.4, 0.5) is 0 Å². The zero-order valence-corrected chi connectivity index (χ0v) is 12.6. The first kappa shape index (κ1) is 13.9. The van der Waals surface area contributed by atoms with Crippen molar-refractivity contribution in [1.29, 1.82) is 0 Å². The molecule has 0 amide bonds. The predicted molar refractivity (Wildman–Crippen MR) is 82.8 cm³/mol. The van der Waals surface area contributed by atoms with Crippen LogP contribution in [0.25, 0.3) is 0 Å². The fraction of sp³-hybridized carbons (Fsp3) is 0.667. The van der Waals surface area contributed by atoms with Gasteiger partial charge < -0.3 is 10.5 Å². The number of rotatable bonds is 6. The van der Waals surface area contributed by atoms with E-state index in [1.165, 1.54) is 37.7 Å². The Morgan fingerprint density at radius 2 is 2.10 bits per heavy atom. The molecule has 4 atom stereocenters. The summed E-state index contributed by atoms with van der Waals surface area (Å²) >= 11 is 0. The van der Waals surface area contributed by atoms with E-state index >= 15 is 0 Å². The summed E-state index contributed by atoms with van der Waals surface area (Å²) < 4.78 is 5.47. The van der Waals surface area contributed by atoms with Gasteiger partial charge in [0.2, 0.25) is 0 Å². The summed E-state index contributed by atoms with van der Waals surface area (Å²) in [4.78, 5) is 0. The maximum atomic E-state index is 6.05. The number of benzene rings is 1. The highest BCUT2D eigenvalue weighted by atomic mass is 16.5. The molecule has 0 aromatic heterocycles. The lowest BCUT2D eigenvalue weighted by Crippen LogP contribution is -2.23. The monoisotopic (exact) mass is 273 g/mol. The zero-order chi connectivity index (χ0) is 13.9. The van der Waals surface area contributed by atoms with E-state index < -0.39 is 0 Å². The number of hydrogen-bond donors (Lipinski definition) is 1. The van der Waals surface area contributed by atoms with Crippen LogP contribution in [0.5, 0.6) is 5.75 Å². The van der Waals surface area contributed by atoms with Crippen molar-refractivity contribution in [3.05, 3.63) is 29.8 Å². The first-order chi connectivity index (χ1) is 9.80. The molecule has 4 unspecified atom stereocenters. The molecule has 0 aliphatic heterocycles. The van der Waals surface area contributed by atoms with Gasteiger partial charge in [0.05, 0.1) is 7.11 Å². The Kier molecular flexibility index (Phi) is 4.30. The van der Waals surface area contributed by atoms with Crippen molar-refractivity contribution in [3.8, 4) is 5.75 Å². The van der Waals surface area contributed by atoms with Crippen molar-refractivity contribution >= 4 is 0 Å². The highest BCUT2D eigenvalue weighted by Gasteiger charge is 2.39. The first-order valence-electron chi connectivity index (χ1n) is 8.12. The largest absolute Gasteiger partial charge is 0.496 e. The van der Waals surface area contributed by atoms with E-state index in [4.69, 9.17) is 10.5 Å². The van der Waals surface area contributed by atoms with Crippen LogP contribution < -0.4 is 10.5 Å². The summed E-state index contributed by atoms with van der Waals surface area (Å²) in [5.41, 5.74) is 7.36. The average molecular weight is 273 g/mol. The van der Waals surface area contributed by atoms with Gasteiger partial charge >= 0.3 is 0 Å². The van der Waals surface area contributed by atoms with E-state index in [2.05, 4.69) is 18.2 Å². The molecule has 0 saturated heterocycles. The molecule has 20 heavy (non-hydrogen) atoms. The molecular formula is C18H27NO. The molecule has 0 spiro atoms. The topological polar surface area (TPSA) is 35.2 Å². The minimum atomic E-state index is 0.607. The second kappa shape index (κ2) is 6.17. The van der Waals surface area contributed by atoms with Gasteiger partial charge in [0, 0.05) is 0 Å². The highest BCUT2D eigenvalue weighted by molar-refractivity contribution is 5.33. The standard InChI is InChI=1S/C18H27NO/c1-20-18-5-3-2-4-16(18)10-14(12-19)11-17-9-13-6-7-15(17)8-13/h2-5,13-15,17H,6-12,19H2,1H3. The molecule has 2 aliphatic rings. The normalized spacial score (nSPS) is 29.6. The summed E-state index contributed by atoms with van der Waals surface area (Å²) in [6.45, 7) is 0.798. The molecule has 2 N–H and O–H groups in total. The van der Waals surface area contributed by atoms with E-state index in [-0.39, 0.29) is 0 Å². The summed E-state index contributed by atoms with van der Waals surface area (Å²) in [7, 11) is 1.76. The van der Waals surface area contributed by atoms with Crippen molar-refractivity contribution in [1.82, 2.24) is 0 Å². The van der Waals surface area contributed by atoms with Gasteiger partial charge in [0.1, 0.15) is 5.75 Å². The van der Waals surface area contributed by atoms with Gasteiger partial charge in [-0.05, 0) is 74.0 Å². The lowest BCUT2D eigenvalue weighted by atomic mass is 9.80. The lowest BCUT2D eigenvalue weighted by Gasteiger charge is -2.26. The predicted octanol–water partition coefficient (Wildman–Crippen LogP) is 3.64. The fourth-order valence-electron chi connectivity index (χ4n) is 4.54. The molecule has 2 bridgehead atoms. The van der Waals surface area contributed by atoms with E-state index in [1.54, 1.807) is 7.11 Å². The second-order valence-corrected chi connectivity index (χ2v) is 6.79. The minimum absolute atomic E-state index is 0.607. The van der Waals surface area contributed by atoms with Gasteiger partial charge in [0.15, 0.2) is 0 Å². The number of nitrogens with two attached hydrogens (primary N) is 1. The number of methoxy groups -OCH3 is 1. The van der Waals surface area contributed by atoms with Crippen molar-refractivity contribution < 1.29 is 4.74 Å². The van der Waals surface area contributed by atoms with Gasteiger partial charge in [-0.25, -0.2) is 0 Å². The van der Waals surface area contributed by atoms with Crippen LogP contribution in [0.1, 0.15) is 37.7 Å². The first-order valence-corrected chi connectivity index (χ1v) is 8.12. The van der Waals surface area contributed by atoms with Gasteiger partial charge in [0.25, 0.3) is 0 Å². The van der Waals surface area contributed by atoms with Gasteiger partial charge in [-0.2, -0.15) is 0 Å². The van der Waals surface area contributed by atoms with Crippen LogP contribution in [0.3, 0.4) is 0 Å². The number of fused-ring (bicyclic) bond motifs is 2. The summed E-state index contributed by atoms with van der Waals surface area (Å²) in [6.07, 6.45) is 8.30. The summed E-state index contributed by atoms with van der Waals surface area (Å²) in [5.74, 6) is 4.60. The molecule has 1 aromatic rings. The third kappa shape index (κ3) is 2.85. The molecule has 2 heteroatoms. The number of hydrogen-bond acceptors (Lipinski definition) is 2. The fourth-order valence-corrected chi connectivity index (χ4v) is 4.54. The van der Waals surface area contributed by atoms with Crippen LogP contribution in [0.2, 0.25) is 0 Å². The van der Waals surface area contributed by atoms with E-state index in [0.717, 1.165) is 36.5 Å². The Hall–Kier alpha value is -1.02. The molecule has 2 aliphatic carbocycles. The minimum Gasteiger partial charge on any atom is -0.496 e. The molecule has 0 heterocycles. The number of para-hydroxylation sites is 1. The maximum Gasteiger partial charge on any atom is 0.122 e. The average Bonchev–Trinajstić information content (AvgIpc) is 3.09. The van der Waals surface area contributed by atoms with E-state index in [0.29, 0.717) is 5.92 Å². The Bertz CT molecular complexity index is 445. The third-order valence-corrected chi connectivity index (χ3v) is 5.56. The number of ether oxygens (including phenoxy) is 1. The molecule has 2 nitrogen and oxygen atoms in total. The Labute approximate surface area is 122 Å². The van der Waals surface area contributed by atoms with Gasteiger partial charge in [-0.3, -0.25) is 0 Å². The quantitative estimate of drug-likeness (QED) is 0.859. The molecule has 2 saturated carbocycles. The van der Waals surface area contributed by atoms with Crippen molar-refractivity contribution in [2.75, 3.05) is 13.7 Å². The molecule has 1 aromatic carbocycles. The summed E-state index contributed by atoms with van der Waals surface area (Å²) in [6, 6.07) is 8.38. The SMILES string of the molecule is COc1ccccc1CC(CN)CC1CC2CCC1C2. The summed E-state index contributed by atoms with van der Waals surface area (Å²) in [5, 5.41) is 0. The molecule has 2 fully saturated rings. The Morgan fingerprint density at radius 1 is 1.25 bits per heavy atom. The van der Waals surface area contributed by atoms with Crippen LogP contribution in [0.15, 0.2) is 24.3 Å². The Balaban J connectivity index is 1.62. The van der Waals surface area contributed by atoms with Gasteiger partial charge in [-0.15, -0.1) is 0 Å². The maximum absolute atomic E-state index is 6.05. The third-order valence-electron chi connectivity index (χ3n) is 5.56. The molecule has 3 rings (SSSR count). The molecule has 110 valence electrons. The van der Waals surface area contributed by atoms with Crippen LogP contribution in [-0.2, 0) is 6.42 Å². The van der Waals surface area contributed by atoms with Crippen molar-refractivity contribution in [2.45, 2.75) is 38.5 Å². The second-order valence-electron chi connectivity index (χ2n) is 6.79. The van der Waals surface area contributed by atoms with Crippen LogP contribution in [-0.4, -0.2) is 13.7 Å². The van der Waals surface area contributed by atoms with Crippen molar-refractivity contribution in [3.63, 3.8) is 0 Å². The highest BCUT2D eigenvalue weighted by Crippen LogP contribution is 2.50. The van der Waals surface area contributed by atoms with Crippen LogP contribution in [0, 0.1) is 23.7 Å². The Morgan fingerprint density at radius 3 is 2.75 bits per heavy atom. The van der Waals surface area contributed by atoms with E-state index in [1.807, 2.05) is 6.07 Å². The zero-order valence-electron chi connectivity index (χ0n) is 12.6. The molecule has 0 radical (unpaired) electrons. The van der Waals surface area contributed by atoms with Gasteiger partial charge in [-0.1, -0.05) is 24.6 Å². The lowest BCUT2D eigenvalue weighted by molar-refractivity contribution is 0.267.